The van der Waals surface area contributed by atoms with E-state index in [2.05, 4.69) is 21.6 Å². The second kappa shape index (κ2) is 8.21. The minimum Gasteiger partial charge on any atom is -0.452 e. The lowest BCUT2D eigenvalue weighted by molar-refractivity contribution is -0.154. The van der Waals surface area contributed by atoms with E-state index in [0.717, 1.165) is 19.3 Å². The molecule has 0 radical (unpaired) electrons. The van der Waals surface area contributed by atoms with Crippen molar-refractivity contribution in [3.63, 3.8) is 0 Å². The van der Waals surface area contributed by atoms with Crippen molar-refractivity contribution < 1.29 is 14.3 Å². The summed E-state index contributed by atoms with van der Waals surface area (Å²) in [6, 6.07) is 9.03. The smallest absolute Gasteiger partial charge is 0.312 e. The van der Waals surface area contributed by atoms with E-state index in [1.54, 1.807) is 24.3 Å². The van der Waals surface area contributed by atoms with Crippen molar-refractivity contribution in [2.45, 2.75) is 57.1 Å². The van der Waals surface area contributed by atoms with Crippen LogP contribution in [0.2, 0.25) is 0 Å². The van der Waals surface area contributed by atoms with Gasteiger partial charge in [0, 0.05) is 5.39 Å². The molecule has 1 aromatic heterocycles. The third-order valence-electron chi connectivity index (χ3n) is 5.05. The summed E-state index contributed by atoms with van der Waals surface area (Å²) in [6.45, 7) is 1.47. The van der Waals surface area contributed by atoms with Gasteiger partial charge in [-0.15, -0.1) is 0 Å². The predicted molar refractivity (Wildman–Crippen MR) is 101 cm³/mol. The minimum atomic E-state index is -1.03. The van der Waals surface area contributed by atoms with E-state index in [0.29, 0.717) is 29.3 Å². The van der Waals surface area contributed by atoms with Crippen molar-refractivity contribution >= 4 is 22.6 Å². The Bertz CT molecular complexity index is 986. The van der Waals surface area contributed by atoms with Gasteiger partial charge in [0.15, 0.2) is 6.10 Å². The van der Waals surface area contributed by atoms with Crippen LogP contribution in [0.1, 0.15) is 44.7 Å². The zero-order valence-corrected chi connectivity index (χ0v) is 15.7. The summed E-state index contributed by atoms with van der Waals surface area (Å²) in [4.78, 5) is 36.5. The zero-order chi connectivity index (χ0) is 20.1. The summed E-state index contributed by atoms with van der Waals surface area (Å²) in [6.07, 6.45) is 2.79. The van der Waals surface area contributed by atoms with Crippen LogP contribution < -0.4 is 10.9 Å². The first-order valence-electron chi connectivity index (χ1n) is 9.33. The maximum atomic E-state index is 12.4. The van der Waals surface area contributed by atoms with E-state index in [4.69, 9.17) is 4.74 Å². The number of carbonyl (C=O) groups excluding carboxylic acids is 2. The average molecular weight is 382 g/mol. The summed E-state index contributed by atoms with van der Waals surface area (Å²) in [5.41, 5.74) is -0.851. The minimum absolute atomic E-state index is 0.182. The molecule has 0 saturated heterocycles. The van der Waals surface area contributed by atoms with Gasteiger partial charge in [-0.1, -0.05) is 37.5 Å². The molecule has 1 atom stereocenters. The second-order valence-corrected chi connectivity index (χ2v) is 7.10. The Labute approximate surface area is 161 Å². The molecular weight excluding hydrogens is 360 g/mol. The number of hydrogen-bond donors (Lipinski definition) is 2. The van der Waals surface area contributed by atoms with Gasteiger partial charge in [-0.3, -0.25) is 14.4 Å². The Morgan fingerprint density at radius 2 is 1.96 bits per heavy atom. The van der Waals surface area contributed by atoms with Crippen LogP contribution in [0.5, 0.6) is 0 Å². The lowest BCUT2D eigenvalue weighted by Gasteiger charge is -2.32. The number of benzene rings is 1. The van der Waals surface area contributed by atoms with Crippen LogP contribution in [-0.4, -0.2) is 33.7 Å². The van der Waals surface area contributed by atoms with Crippen molar-refractivity contribution in [2.24, 2.45) is 0 Å². The second-order valence-electron chi connectivity index (χ2n) is 7.10. The molecule has 1 saturated carbocycles. The van der Waals surface area contributed by atoms with Crippen LogP contribution in [0.25, 0.3) is 10.8 Å². The molecule has 1 fully saturated rings. The van der Waals surface area contributed by atoms with Crippen molar-refractivity contribution in [1.29, 1.82) is 5.26 Å². The van der Waals surface area contributed by atoms with E-state index in [1.165, 1.54) is 6.92 Å². The number of nitriles is 1. The number of nitrogens with zero attached hydrogens (tertiary/aromatic N) is 2. The number of H-pyrrole nitrogens is 1. The highest BCUT2D eigenvalue weighted by atomic mass is 16.5. The molecule has 1 aliphatic rings. The van der Waals surface area contributed by atoms with E-state index < -0.39 is 23.5 Å². The maximum Gasteiger partial charge on any atom is 0.312 e. The summed E-state index contributed by atoms with van der Waals surface area (Å²) in [7, 11) is 0. The molecule has 2 aromatic rings. The van der Waals surface area contributed by atoms with Crippen LogP contribution in [0.3, 0.4) is 0 Å². The number of ether oxygens (including phenoxy) is 1. The molecule has 8 nitrogen and oxygen atoms in total. The summed E-state index contributed by atoms with van der Waals surface area (Å²) < 4.78 is 5.23. The van der Waals surface area contributed by atoms with Gasteiger partial charge in [0.2, 0.25) is 0 Å². The molecule has 146 valence electrons. The van der Waals surface area contributed by atoms with Gasteiger partial charge >= 0.3 is 5.97 Å². The monoisotopic (exact) mass is 382 g/mol. The Hall–Kier alpha value is -3.21. The molecule has 28 heavy (non-hydrogen) atoms. The molecule has 3 rings (SSSR count). The number of amides is 1. The number of aromatic amines is 1. The van der Waals surface area contributed by atoms with Crippen molar-refractivity contribution in [3.8, 4) is 6.07 Å². The third kappa shape index (κ3) is 4.19. The largest absolute Gasteiger partial charge is 0.452 e. The van der Waals surface area contributed by atoms with E-state index in [1.807, 2.05) is 0 Å². The van der Waals surface area contributed by atoms with Gasteiger partial charge in [-0.25, -0.2) is 5.10 Å². The van der Waals surface area contributed by atoms with E-state index in [9.17, 15) is 19.6 Å². The number of nitrogens with one attached hydrogen (secondary N) is 2. The Balaban J connectivity index is 1.65. The number of aromatic nitrogens is 2. The molecule has 0 aliphatic heterocycles. The van der Waals surface area contributed by atoms with Crippen molar-refractivity contribution in [1.82, 2.24) is 15.5 Å². The average Bonchev–Trinajstić information content (AvgIpc) is 2.71. The van der Waals surface area contributed by atoms with E-state index >= 15 is 0 Å². The molecule has 0 bridgehead atoms. The third-order valence-corrected chi connectivity index (χ3v) is 5.05. The maximum absolute atomic E-state index is 12.4. The number of fused-ring (bicyclic) bond motifs is 1. The van der Waals surface area contributed by atoms with Gasteiger partial charge in [0.05, 0.1) is 23.6 Å². The molecule has 0 spiro atoms. The highest BCUT2D eigenvalue weighted by Crippen LogP contribution is 2.27. The SMILES string of the molecule is CC(OC(=O)Cc1n[nH]c(=O)c2ccccc12)C(=O)NC1(C#N)CCCCC1. The summed E-state index contributed by atoms with van der Waals surface area (Å²) in [5, 5.41) is 19.5. The highest BCUT2D eigenvalue weighted by Gasteiger charge is 2.35. The fourth-order valence-corrected chi connectivity index (χ4v) is 3.49. The number of hydrogen-bond acceptors (Lipinski definition) is 6. The van der Waals surface area contributed by atoms with E-state index in [-0.39, 0.29) is 12.0 Å². The highest BCUT2D eigenvalue weighted by molar-refractivity contribution is 5.88. The fourth-order valence-electron chi connectivity index (χ4n) is 3.49. The lowest BCUT2D eigenvalue weighted by atomic mass is 9.83. The van der Waals surface area contributed by atoms with Crippen LogP contribution in [-0.2, 0) is 20.7 Å². The number of carbonyl (C=O) groups is 2. The number of esters is 1. The first kappa shape index (κ1) is 19.5. The van der Waals surface area contributed by atoms with Crippen LogP contribution in [0.4, 0.5) is 0 Å². The normalized spacial score (nSPS) is 16.7. The molecular formula is C20H22N4O4. The van der Waals surface area contributed by atoms with Crippen LogP contribution in [0, 0.1) is 11.3 Å². The van der Waals surface area contributed by atoms with Gasteiger partial charge in [0.25, 0.3) is 11.5 Å². The fraction of sp³-hybridized carbons (Fsp3) is 0.450. The summed E-state index contributed by atoms with van der Waals surface area (Å²) >= 11 is 0. The zero-order valence-electron chi connectivity index (χ0n) is 15.7. The first-order chi connectivity index (χ1) is 13.4. The predicted octanol–water partition coefficient (Wildman–Crippen LogP) is 1.74. The summed E-state index contributed by atoms with van der Waals surface area (Å²) in [5.74, 6) is -1.13. The van der Waals surface area contributed by atoms with Gasteiger partial charge < -0.3 is 10.1 Å². The van der Waals surface area contributed by atoms with Gasteiger partial charge in [-0.05, 0) is 25.8 Å². The molecule has 1 aromatic carbocycles. The number of rotatable bonds is 5. The quantitative estimate of drug-likeness (QED) is 0.759. The lowest BCUT2D eigenvalue weighted by Crippen LogP contribution is -2.52. The van der Waals surface area contributed by atoms with Crippen LogP contribution >= 0.6 is 0 Å². The molecule has 1 aliphatic carbocycles. The van der Waals surface area contributed by atoms with Crippen molar-refractivity contribution in [2.75, 3.05) is 0 Å². The topological polar surface area (TPSA) is 125 Å². The molecule has 1 amide bonds. The van der Waals surface area contributed by atoms with Crippen LogP contribution in [0.15, 0.2) is 29.1 Å². The first-order valence-corrected chi connectivity index (χ1v) is 9.33. The Kier molecular flexibility index (Phi) is 5.73. The standard InChI is InChI=1S/C20H22N4O4/c1-13(18(26)22-20(12-21)9-5-2-6-10-20)28-17(25)11-16-14-7-3-4-8-15(14)19(27)24-23-16/h3-4,7-8,13H,2,5-6,9-11H2,1H3,(H,22,26)(H,24,27). The Morgan fingerprint density at radius 3 is 2.64 bits per heavy atom. The Morgan fingerprint density at radius 1 is 1.29 bits per heavy atom. The molecule has 2 N–H and O–H groups in total. The van der Waals surface area contributed by atoms with Gasteiger partial charge in [-0.2, -0.15) is 10.4 Å². The molecule has 1 heterocycles. The van der Waals surface area contributed by atoms with Crippen molar-refractivity contribution in [3.05, 3.63) is 40.3 Å². The molecule has 1 unspecified atom stereocenters. The van der Waals surface area contributed by atoms with Gasteiger partial charge in [0.1, 0.15) is 5.54 Å². The molecule has 8 heteroatoms.